The zero-order valence-electron chi connectivity index (χ0n) is 8.73. The van der Waals surface area contributed by atoms with Gasteiger partial charge in [-0.25, -0.2) is 13.6 Å². The molecule has 1 heterocycles. The van der Waals surface area contributed by atoms with E-state index in [1.54, 1.807) is 0 Å². The molecule has 5 heteroatoms. The van der Waals surface area contributed by atoms with Gasteiger partial charge in [0.15, 0.2) is 0 Å². The van der Waals surface area contributed by atoms with Crippen molar-refractivity contribution in [3.8, 4) is 0 Å². The molecule has 1 aromatic heterocycles. The first-order valence-electron chi connectivity index (χ1n) is 4.91. The summed E-state index contributed by atoms with van der Waals surface area (Å²) in [7, 11) is 0. The molecule has 0 aliphatic carbocycles. The van der Waals surface area contributed by atoms with Crippen LogP contribution < -0.4 is 0 Å². The Morgan fingerprint density at radius 3 is 2.41 bits per heavy atom. The maximum absolute atomic E-state index is 13.4. The summed E-state index contributed by atoms with van der Waals surface area (Å²) in [6.07, 6.45) is 1.47. The Bertz CT molecular complexity index is 543. The number of rotatable bonds is 3. The Morgan fingerprint density at radius 2 is 1.82 bits per heavy atom. The summed E-state index contributed by atoms with van der Waals surface area (Å²) in [5.41, 5.74) is -0.154. The van der Waals surface area contributed by atoms with Gasteiger partial charge in [0.1, 0.15) is 17.3 Å². The predicted molar refractivity (Wildman–Crippen MR) is 56.9 cm³/mol. The van der Waals surface area contributed by atoms with Crippen LogP contribution in [0.2, 0.25) is 0 Å². The van der Waals surface area contributed by atoms with Crippen LogP contribution in [0, 0.1) is 11.6 Å². The van der Waals surface area contributed by atoms with Crippen molar-refractivity contribution in [2.45, 2.75) is 6.54 Å². The SMILES string of the molecule is O=C(O)c1cccn1Cc1c(F)cccc1F. The zero-order valence-corrected chi connectivity index (χ0v) is 8.73. The summed E-state index contributed by atoms with van der Waals surface area (Å²) in [5.74, 6) is -2.50. The second-order valence-corrected chi connectivity index (χ2v) is 3.53. The summed E-state index contributed by atoms with van der Waals surface area (Å²) >= 11 is 0. The summed E-state index contributed by atoms with van der Waals surface area (Å²) in [6.45, 7) is -0.146. The number of aromatic carboxylic acids is 1. The number of carbonyl (C=O) groups is 1. The molecule has 0 amide bonds. The molecule has 0 saturated heterocycles. The molecule has 1 aromatic carbocycles. The molecular weight excluding hydrogens is 228 g/mol. The van der Waals surface area contributed by atoms with Gasteiger partial charge in [0.25, 0.3) is 0 Å². The van der Waals surface area contributed by atoms with Crippen LogP contribution >= 0.6 is 0 Å². The van der Waals surface area contributed by atoms with Gasteiger partial charge in [-0.05, 0) is 24.3 Å². The van der Waals surface area contributed by atoms with E-state index in [1.165, 1.54) is 29.0 Å². The van der Waals surface area contributed by atoms with Gasteiger partial charge >= 0.3 is 5.97 Å². The number of hydrogen-bond donors (Lipinski definition) is 1. The lowest BCUT2D eigenvalue weighted by atomic mass is 10.2. The van der Waals surface area contributed by atoms with Crippen LogP contribution in [0.5, 0.6) is 0 Å². The van der Waals surface area contributed by atoms with Crippen molar-refractivity contribution in [3.05, 3.63) is 59.4 Å². The van der Waals surface area contributed by atoms with Crippen LogP contribution in [0.25, 0.3) is 0 Å². The standard InChI is InChI=1S/C12H9F2NO2/c13-9-3-1-4-10(14)8(9)7-15-6-2-5-11(15)12(16)17/h1-6H,7H2,(H,16,17). The zero-order chi connectivity index (χ0) is 12.4. The van der Waals surface area contributed by atoms with Crippen LogP contribution in [0.4, 0.5) is 8.78 Å². The van der Waals surface area contributed by atoms with Crippen molar-refractivity contribution in [2.75, 3.05) is 0 Å². The molecule has 2 aromatic rings. The fraction of sp³-hybridized carbons (Fsp3) is 0.0833. The third kappa shape index (κ3) is 2.18. The van der Waals surface area contributed by atoms with Crippen molar-refractivity contribution >= 4 is 5.97 Å². The first kappa shape index (κ1) is 11.3. The van der Waals surface area contributed by atoms with E-state index in [0.717, 1.165) is 12.1 Å². The third-order valence-corrected chi connectivity index (χ3v) is 2.44. The van der Waals surface area contributed by atoms with Crippen LogP contribution in [0.15, 0.2) is 36.5 Å². The number of nitrogens with zero attached hydrogens (tertiary/aromatic N) is 1. The average Bonchev–Trinajstić information content (AvgIpc) is 2.72. The quantitative estimate of drug-likeness (QED) is 0.891. The number of halogens is 2. The highest BCUT2D eigenvalue weighted by Gasteiger charge is 2.13. The van der Waals surface area contributed by atoms with Crippen molar-refractivity contribution in [3.63, 3.8) is 0 Å². The van der Waals surface area contributed by atoms with E-state index in [9.17, 15) is 13.6 Å². The maximum atomic E-state index is 13.4. The molecular formula is C12H9F2NO2. The molecule has 88 valence electrons. The molecule has 0 fully saturated rings. The van der Waals surface area contributed by atoms with E-state index in [1.807, 2.05) is 0 Å². The molecule has 17 heavy (non-hydrogen) atoms. The molecule has 0 atom stereocenters. The second-order valence-electron chi connectivity index (χ2n) is 3.53. The van der Waals surface area contributed by atoms with E-state index < -0.39 is 17.6 Å². The van der Waals surface area contributed by atoms with Crippen molar-refractivity contribution in [1.29, 1.82) is 0 Å². The maximum Gasteiger partial charge on any atom is 0.352 e. The molecule has 0 aliphatic rings. The minimum Gasteiger partial charge on any atom is -0.477 e. The Labute approximate surface area is 95.9 Å². The molecule has 0 bridgehead atoms. The van der Waals surface area contributed by atoms with Crippen LogP contribution in [0.1, 0.15) is 16.1 Å². The van der Waals surface area contributed by atoms with Gasteiger partial charge in [-0.15, -0.1) is 0 Å². The first-order valence-corrected chi connectivity index (χ1v) is 4.91. The largest absolute Gasteiger partial charge is 0.477 e. The van der Waals surface area contributed by atoms with Crippen LogP contribution in [0.3, 0.4) is 0 Å². The molecule has 0 unspecified atom stereocenters. The Hall–Kier alpha value is -2.17. The minimum absolute atomic E-state index is 0.00680. The Balaban J connectivity index is 2.38. The molecule has 2 rings (SSSR count). The van der Waals surface area contributed by atoms with Gasteiger partial charge in [-0.2, -0.15) is 0 Å². The number of carboxylic acid groups (broad SMARTS) is 1. The van der Waals surface area contributed by atoms with E-state index in [2.05, 4.69) is 0 Å². The number of hydrogen-bond acceptors (Lipinski definition) is 1. The minimum atomic E-state index is -1.13. The highest BCUT2D eigenvalue weighted by atomic mass is 19.1. The van der Waals surface area contributed by atoms with Gasteiger partial charge in [-0.3, -0.25) is 0 Å². The van der Waals surface area contributed by atoms with Gasteiger partial charge in [0, 0.05) is 11.8 Å². The van der Waals surface area contributed by atoms with Crippen molar-refractivity contribution in [1.82, 2.24) is 4.57 Å². The van der Waals surface area contributed by atoms with Gasteiger partial charge < -0.3 is 9.67 Å². The van der Waals surface area contributed by atoms with E-state index in [-0.39, 0.29) is 17.8 Å². The lowest BCUT2D eigenvalue weighted by Crippen LogP contribution is -2.10. The topological polar surface area (TPSA) is 42.2 Å². The first-order chi connectivity index (χ1) is 8.09. The van der Waals surface area contributed by atoms with Gasteiger partial charge in [-0.1, -0.05) is 6.07 Å². The Morgan fingerprint density at radius 1 is 1.18 bits per heavy atom. The lowest BCUT2D eigenvalue weighted by Gasteiger charge is -2.08. The predicted octanol–water partition coefficient (Wildman–Crippen LogP) is 2.51. The second kappa shape index (κ2) is 4.37. The smallest absolute Gasteiger partial charge is 0.352 e. The average molecular weight is 237 g/mol. The summed E-state index contributed by atoms with van der Waals surface area (Å²) in [4.78, 5) is 10.8. The number of carboxylic acids is 1. The third-order valence-electron chi connectivity index (χ3n) is 2.44. The van der Waals surface area contributed by atoms with Gasteiger partial charge in [0.05, 0.1) is 6.54 Å². The van der Waals surface area contributed by atoms with Crippen LogP contribution in [-0.2, 0) is 6.54 Å². The van der Waals surface area contributed by atoms with E-state index >= 15 is 0 Å². The lowest BCUT2D eigenvalue weighted by molar-refractivity contribution is 0.0685. The van der Waals surface area contributed by atoms with Crippen molar-refractivity contribution in [2.24, 2.45) is 0 Å². The van der Waals surface area contributed by atoms with Crippen molar-refractivity contribution < 1.29 is 18.7 Å². The molecule has 0 spiro atoms. The molecule has 0 aliphatic heterocycles. The molecule has 0 radical (unpaired) electrons. The van der Waals surface area contributed by atoms with E-state index in [4.69, 9.17) is 5.11 Å². The summed E-state index contributed by atoms with van der Waals surface area (Å²) in [6, 6.07) is 6.44. The normalized spacial score (nSPS) is 10.5. The van der Waals surface area contributed by atoms with E-state index in [0.29, 0.717) is 0 Å². The highest BCUT2D eigenvalue weighted by molar-refractivity contribution is 5.85. The summed E-state index contributed by atoms with van der Waals surface area (Å²) < 4.78 is 28.0. The fourth-order valence-corrected chi connectivity index (χ4v) is 1.60. The number of aromatic nitrogens is 1. The monoisotopic (exact) mass is 237 g/mol. The molecule has 3 nitrogen and oxygen atoms in total. The van der Waals surface area contributed by atoms with Crippen LogP contribution in [-0.4, -0.2) is 15.6 Å². The number of benzene rings is 1. The molecule has 1 N–H and O–H groups in total. The summed E-state index contributed by atoms with van der Waals surface area (Å²) in [5, 5.41) is 8.86. The fourth-order valence-electron chi connectivity index (χ4n) is 1.60. The highest BCUT2D eigenvalue weighted by Crippen LogP contribution is 2.15. The van der Waals surface area contributed by atoms with Gasteiger partial charge in [0.2, 0.25) is 0 Å². The molecule has 0 saturated carbocycles. The Kier molecular flexibility index (Phi) is 2.91.